The Morgan fingerprint density at radius 1 is 1.15 bits per heavy atom. The summed E-state index contributed by atoms with van der Waals surface area (Å²) in [5.41, 5.74) is 6.29. The molecule has 0 atom stereocenters. The Hall–Kier alpha value is -1.96. The lowest BCUT2D eigenvalue weighted by Crippen LogP contribution is -1.96. The van der Waals surface area contributed by atoms with Crippen LogP contribution in [-0.2, 0) is 0 Å². The van der Waals surface area contributed by atoms with Crippen LogP contribution < -0.4 is 0 Å². The largest absolute Gasteiger partial charge is 0.256 e. The normalized spacial score (nSPS) is 11.8. The minimum atomic E-state index is -0.151. The van der Waals surface area contributed by atoms with Crippen molar-refractivity contribution in [2.24, 2.45) is 0 Å². The second-order valence-corrected chi connectivity index (χ2v) is 5.23. The zero-order valence-corrected chi connectivity index (χ0v) is 12.7. The number of pyridine rings is 1. The van der Waals surface area contributed by atoms with E-state index in [1.54, 1.807) is 6.20 Å². The maximum atomic E-state index is 14.4. The summed E-state index contributed by atoms with van der Waals surface area (Å²) in [5.74, 6) is -0.151. The average molecular weight is 269 g/mol. The Bertz CT molecular complexity index is 684. The van der Waals surface area contributed by atoms with Gasteiger partial charge in [-0.2, -0.15) is 0 Å². The number of halogens is 1. The third kappa shape index (κ3) is 2.51. The summed E-state index contributed by atoms with van der Waals surface area (Å²) in [6.45, 7) is 9.77. The van der Waals surface area contributed by atoms with E-state index in [-0.39, 0.29) is 5.82 Å². The molecule has 0 radical (unpaired) electrons. The van der Waals surface area contributed by atoms with Gasteiger partial charge in [0.05, 0.1) is 5.69 Å². The highest BCUT2D eigenvalue weighted by Gasteiger charge is 2.11. The van der Waals surface area contributed by atoms with Gasteiger partial charge in [-0.3, -0.25) is 4.98 Å². The molecule has 0 aliphatic rings. The van der Waals surface area contributed by atoms with Gasteiger partial charge in [-0.05, 0) is 62.9 Å². The first-order chi connectivity index (χ1) is 9.45. The van der Waals surface area contributed by atoms with Crippen molar-refractivity contribution in [3.05, 3.63) is 58.7 Å². The molecular formula is C18H20FN. The van der Waals surface area contributed by atoms with E-state index < -0.39 is 0 Å². The molecular weight excluding hydrogens is 249 g/mol. The van der Waals surface area contributed by atoms with Crippen LogP contribution in [0.5, 0.6) is 0 Å². The fourth-order valence-corrected chi connectivity index (χ4v) is 2.28. The maximum absolute atomic E-state index is 14.4. The smallest absolute Gasteiger partial charge is 0.134 e. The topological polar surface area (TPSA) is 12.9 Å². The number of allylic oxidation sites excluding steroid dienone is 2. The zero-order valence-electron chi connectivity index (χ0n) is 12.7. The van der Waals surface area contributed by atoms with Crippen LogP contribution in [0.25, 0.3) is 16.7 Å². The van der Waals surface area contributed by atoms with Crippen molar-refractivity contribution in [2.75, 3.05) is 0 Å². The molecule has 0 fully saturated rings. The molecule has 0 amide bonds. The van der Waals surface area contributed by atoms with E-state index in [0.717, 1.165) is 28.0 Å². The SMILES string of the molecule is C/C=C(/C)c1ncc(-c2ccc(C)c(C)c2F)cc1C. The third-order valence-corrected chi connectivity index (χ3v) is 3.85. The molecule has 0 saturated heterocycles. The van der Waals surface area contributed by atoms with Gasteiger partial charge in [-0.25, -0.2) is 4.39 Å². The quantitative estimate of drug-likeness (QED) is 0.727. The van der Waals surface area contributed by atoms with Crippen molar-refractivity contribution in [2.45, 2.75) is 34.6 Å². The zero-order chi connectivity index (χ0) is 14.9. The van der Waals surface area contributed by atoms with Crippen LogP contribution in [0.15, 0.2) is 30.5 Å². The lowest BCUT2D eigenvalue weighted by atomic mass is 9.98. The van der Waals surface area contributed by atoms with Gasteiger partial charge in [-0.15, -0.1) is 0 Å². The summed E-state index contributed by atoms with van der Waals surface area (Å²) < 4.78 is 14.4. The number of nitrogens with zero attached hydrogens (tertiary/aromatic N) is 1. The fourth-order valence-electron chi connectivity index (χ4n) is 2.28. The van der Waals surface area contributed by atoms with Crippen molar-refractivity contribution < 1.29 is 4.39 Å². The lowest BCUT2D eigenvalue weighted by Gasteiger charge is -2.11. The molecule has 0 unspecified atom stereocenters. The molecule has 1 heterocycles. The minimum Gasteiger partial charge on any atom is -0.256 e. The molecule has 1 nitrogen and oxygen atoms in total. The summed E-state index contributed by atoms with van der Waals surface area (Å²) >= 11 is 0. The van der Waals surface area contributed by atoms with Crippen LogP contribution >= 0.6 is 0 Å². The van der Waals surface area contributed by atoms with E-state index in [1.165, 1.54) is 0 Å². The van der Waals surface area contributed by atoms with Gasteiger partial charge < -0.3 is 0 Å². The minimum absolute atomic E-state index is 0.151. The van der Waals surface area contributed by atoms with Crippen LogP contribution in [-0.4, -0.2) is 4.98 Å². The molecule has 1 aromatic heterocycles. The van der Waals surface area contributed by atoms with Gasteiger partial charge >= 0.3 is 0 Å². The molecule has 2 aromatic rings. The molecule has 2 rings (SSSR count). The standard InChI is InChI=1S/C18H20FN/c1-6-11(2)18-13(4)9-15(10-20-18)16-8-7-12(3)14(5)17(16)19/h6-10H,1-5H3/b11-6-. The molecule has 0 bridgehead atoms. The van der Waals surface area contributed by atoms with Crippen LogP contribution in [0.1, 0.15) is 36.2 Å². The van der Waals surface area contributed by atoms with Gasteiger partial charge in [0.1, 0.15) is 5.82 Å². The second-order valence-electron chi connectivity index (χ2n) is 5.23. The number of benzene rings is 1. The molecule has 2 heteroatoms. The Morgan fingerprint density at radius 2 is 1.85 bits per heavy atom. The number of hydrogen-bond donors (Lipinski definition) is 0. The monoisotopic (exact) mass is 269 g/mol. The maximum Gasteiger partial charge on any atom is 0.134 e. The number of aryl methyl sites for hydroxylation is 2. The average Bonchev–Trinajstić information content (AvgIpc) is 2.44. The Kier molecular flexibility index (Phi) is 4.03. The summed E-state index contributed by atoms with van der Waals surface area (Å²) in [6, 6.07) is 5.78. The Labute approximate surface area is 120 Å². The van der Waals surface area contributed by atoms with E-state index in [0.29, 0.717) is 11.1 Å². The van der Waals surface area contributed by atoms with E-state index >= 15 is 0 Å². The Balaban J connectivity index is 2.56. The van der Waals surface area contributed by atoms with Crippen molar-refractivity contribution in [1.82, 2.24) is 4.98 Å². The predicted molar refractivity (Wildman–Crippen MR) is 83.2 cm³/mol. The van der Waals surface area contributed by atoms with E-state index in [9.17, 15) is 4.39 Å². The summed E-state index contributed by atoms with van der Waals surface area (Å²) in [6.07, 6.45) is 3.79. The molecule has 104 valence electrons. The van der Waals surface area contributed by atoms with Crippen molar-refractivity contribution in [1.29, 1.82) is 0 Å². The van der Waals surface area contributed by atoms with E-state index in [2.05, 4.69) is 4.98 Å². The molecule has 1 aromatic carbocycles. The van der Waals surface area contributed by atoms with Gasteiger partial charge in [0.25, 0.3) is 0 Å². The highest BCUT2D eigenvalue weighted by Crippen LogP contribution is 2.28. The Morgan fingerprint density at radius 3 is 2.45 bits per heavy atom. The van der Waals surface area contributed by atoms with Crippen LogP contribution in [0, 0.1) is 26.6 Å². The molecule has 20 heavy (non-hydrogen) atoms. The first kappa shape index (κ1) is 14.4. The fraction of sp³-hybridized carbons (Fsp3) is 0.278. The number of hydrogen-bond acceptors (Lipinski definition) is 1. The van der Waals surface area contributed by atoms with Crippen LogP contribution in [0.3, 0.4) is 0 Å². The highest BCUT2D eigenvalue weighted by molar-refractivity contribution is 5.70. The molecule has 0 saturated carbocycles. The van der Waals surface area contributed by atoms with E-state index in [4.69, 9.17) is 0 Å². The molecule has 0 aliphatic carbocycles. The van der Waals surface area contributed by atoms with Crippen molar-refractivity contribution >= 4 is 5.57 Å². The summed E-state index contributed by atoms with van der Waals surface area (Å²) in [4.78, 5) is 4.48. The van der Waals surface area contributed by atoms with Crippen LogP contribution in [0.2, 0.25) is 0 Å². The molecule has 0 N–H and O–H groups in total. The van der Waals surface area contributed by atoms with Crippen LogP contribution in [0.4, 0.5) is 4.39 Å². The molecule has 0 aliphatic heterocycles. The summed E-state index contributed by atoms with van der Waals surface area (Å²) in [7, 11) is 0. The highest BCUT2D eigenvalue weighted by atomic mass is 19.1. The lowest BCUT2D eigenvalue weighted by molar-refractivity contribution is 0.620. The first-order valence-corrected chi connectivity index (χ1v) is 6.81. The van der Waals surface area contributed by atoms with Gasteiger partial charge in [0, 0.05) is 17.3 Å². The van der Waals surface area contributed by atoms with Crippen molar-refractivity contribution in [3.63, 3.8) is 0 Å². The first-order valence-electron chi connectivity index (χ1n) is 6.81. The molecule has 0 spiro atoms. The second kappa shape index (κ2) is 5.58. The third-order valence-electron chi connectivity index (χ3n) is 3.85. The van der Waals surface area contributed by atoms with Gasteiger partial charge in [0.2, 0.25) is 0 Å². The van der Waals surface area contributed by atoms with Crippen molar-refractivity contribution in [3.8, 4) is 11.1 Å². The number of aromatic nitrogens is 1. The van der Waals surface area contributed by atoms with Gasteiger partial charge in [0.15, 0.2) is 0 Å². The van der Waals surface area contributed by atoms with Gasteiger partial charge in [-0.1, -0.05) is 18.2 Å². The number of rotatable bonds is 2. The predicted octanol–water partition coefficient (Wildman–Crippen LogP) is 5.24. The summed E-state index contributed by atoms with van der Waals surface area (Å²) in [5, 5.41) is 0. The van der Waals surface area contributed by atoms with E-state index in [1.807, 2.05) is 58.9 Å².